The number of methoxy groups -OCH3 is 1. The Morgan fingerprint density at radius 3 is 2.57 bits per heavy atom. The van der Waals surface area contributed by atoms with Crippen molar-refractivity contribution in [3.63, 3.8) is 0 Å². The summed E-state index contributed by atoms with van der Waals surface area (Å²) in [6.07, 6.45) is 0. The van der Waals surface area contributed by atoms with E-state index in [2.05, 4.69) is 12.2 Å². The number of hydrogen-bond acceptors (Lipinski definition) is 3. The standard InChI is InChI=1S/C10H13NOS2/c1-3-14-10(13)11-8-4-6-9(12-2)7-5-8/h4-7H,3H2,1-2H3,(H,11,13). The van der Waals surface area contributed by atoms with Crippen LogP contribution in [0.4, 0.5) is 5.69 Å². The van der Waals surface area contributed by atoms with Gasteiger partial charge in [0, 0.05) is 5.69 Å². The molecule has 0 heterocycles. The first kappa shape index (κ1) is 11.3. The Bertz CT molecular complexity index is 297. The number of anilines is 1. The van der Waals surface area contributed by atoms with Gasteiger partial charge in [0.1, 0.15) is 10.1 Å². The van der Waals surface area contributed by atoms with E-state index in [1.54, 1.807) is 18.9 Å². The lowest BCUT2D eigenvalue weighted by Gasteiger charge is -2.06. The zero-order valence-electron chi connectivity index (χ0n) is 8.24. The third-order valence-corrected chi connectivity index (χ3v) is 2.72. The second-order valence-electron chi connectivity index (χ2n) is 2.57. The summed E-state index contributed by atoms with van der Waals surface area (Å²) < 4.78 is 5.86. The third kappa shape index (κ3) is 3.55. The molecule has 0 amide bonds. The Hall–Kier alpha value is -0.740. The SMILES string of the molecule is CCSC(=S)Nc1ccc(OC)cc1. The zero-order chi connectivity index (χ0) is 10.4. The molecule has 0 bridgehead atoms. The largest absolute Gasteiger partial charge is 0.497 e. The molecule has 0 aliphatic carbocycles. The maximum Gasteiger partial charge on any atom is 0.138 e. The lowest BCUT2D eigenvalue weighted by molar-refractivity contribution is 0.415. The molecule has 1 aromatic rings. The summed E-state index contributed by atoms with van der Waals surface area (Å²) >= 11 is 6.74. The molecule has 76 valence electrons. The molecule has 0 radical (unpaired) electrons. The lowest BCUT2D eigenvalue weighted by Crippen LogP contribution is -2.04. The fourth-order valence-electron chi connectivity index (χ4n) is 0.959. The minimum Gasteiger partial charge on any atom is -0.497 e. The number of nitrogens with one attached hydrogen (secondary N) is 1. The molecule has 0 atom stereocenters. The molecule has 1 aromatic carbocycles. The predicted octanol–water partition coefficient (Wildman–Crippen LogP) is 3.15. The number of benzene rings is 1. The Balaban J connectivity index is 2.55. The van der Waals surface area contributed by atoms with Crippen LogP contribution in [-0.2, 0) is 0 Å². The van der Waals surface area contributed by atoms with Crippen LogP contribution in [0.25, 0.3) is 0 Å². The van der Waals surface area contributed by atoms with Crippen LogP contribution < -0.4 is 10.1 Å². The van der Waals surface area contributed by atoms with Crippen molar-refractivity contribution in [1.29, 1.82) is 0 Å². The highest BCUT2D eigenvalue weighted by Gasteiger charge is 1.97. The van der Waals surface area contributed by atoms with Crippen molar-refractivity contribution in [2.45, 2.75) is 6.92 Å². The van der Waals surface area contributed by atoms with Crippen LogP contribution in [0.1, 0.15) is 6.92 Å². The van der Waals surface area contributed by atoms with E-state index in [0.29, 0.717) is 0 Å². The van der Waals surface area contributed by atoms with Crippen LogP contribution in [0.15, 0.2) is 24.3 Å². The van der Waals surface area contributed by atoms with Gasteiger partial charge in [-0.25, -0.2) is 0 Å². The first-order valence-electron chi connectivity index (χ1n) is 4.34. The minimum atomic E-state index is 0.803. The molecule has 0 spiro atoms. The van der Waals surface area contributed by atoms with E-state index in [-0.39, 0.29) is 0 Å². The van der Waals surface area contributed by atoms with Gasteiger partial charge in [0.2, 0.25) is 0 Å². The minimum absolute atomic E-state index is 0.803. The van der Waals surface area contributed by atoms with E-state index in [4.69, 9.17) is 17.0 Å². The molecule has 1 rings (SSSR count). The van der Waals surface area contributed by atoms with Gasteiger partial charge in [0.15, 0.2) is 0 Å². The Morgan fingerprint density at radius 2 is 2.07 bits per heavy atom. The molecule has 0 saturated carbocycles. The van der Waals surface area contributed by atoms with Crippen molar-refractivity contribution in [2.75, 3.05) is 18.2 Å². The van der Waals surface area contributed by atoms with E-state index in [1.807, 2.05) is 24.3 Å². The van der Waals surface area contributed by atoms with Crippen molar-refractivity contribution < 1.29 is 4.74 Å². The number of thiocarbonyl (C=S) groups is 1. The second-order valence-corrected chi connectivity index (χ2v) is 4.51. The molecule has 0 saturated heterocycles. The molecule has 0 unspecified atom stereocenters. The highest BCUT2D eigenvalue weighted by atomic mass is 32.2. The van der Waals surface area contributed by atoms with E-state index in [9.17, 15) is 0 Å². The molecule has 2 nitrogen and oxygen atoms in total. The molecule has 0 aliphatic rings. The Morgan fingerprint density at radius 1 is 1.43 bits per heavy atom. The molecule has 1 N–H and O–H groups in total. The van der Waals surface area contributed by atoms with Gasteiger partial charge in [-0.2, -0.15) is 0 Å². The topological polar surface area (TPSA) is 21.3 Å². The summed E-state index contributed by atoms with van der Waals surface area (Å²) in [5.74, 6) is 1.84. The Labute approximate surface area is 94.0 Å². The Kier molecular flexibility index (Phi) is 4.76. The molecule has 14 heavy (non-hydrogen) atoms. The molecule has 0 aliphatic heterocycles. The van der Waals surface area contributed by atoms with Gasteiger partial charge in [-0.15, -0.1) is 0 Å². The second kappa shape index (κ2) is 5.88. The van der Waals surface area contributed by atoms with Gasteiger partial charge >= 0.3 is 0 Å². The van der Waals surface area contributed by atoms with Crippen molar-refractivity contribution in [3.8, 4) is 5.75 Å². The summed E-state index contributed by atoms with van der Waals surface area (Å²) in [6, 6.07) is 7.70. The van der Waals surface area contributed by atoms with Gasteiger partial charge in [-0.05, 0) is 30.0 Å². The summed E-state index contributed by atoms with van der Waals surface area (Å²) in [7, 11) is 1.65. The van der Waals surface area contributed by atoms with Crippen molar-refractivity contribution in [3.05, 3.63) is 24.3 Å². The predicted molar refractivity (Wildman–Crippen MR) is 67.3 cm³/mol. The zero-order valence-corrected chi connectivity index (χ0v) is 9.87. The van der Waals surface area contributed by atoms with Gasteiger partial charge in [-0.3, -0.25) is 0 Å². The fourth-order valence-corrected chi connectivity index (χ4v) is 1.88. The average molecular weight is 227 g/mol. The van der Waals surface area contributed by atoms with Crippen LogP contribution in [0.2, 0.25) is 0 Å². The van der Waals surface area contributed by atoms with Crippen LogP contribution in [0.3, 0.4) is 0 Å². The van der Waals surface area contributed by atoms with Gasteiger partial charge < -0.3 is 10.1 Å². The molecular weight excluding hydrogens is 214 g/mol. The van der Waals surface area contributed by atoms with Crippen LogP contribution >= 0.6 is 24.0 Å². The highest BCUT2D eigenvalue weighted by molar-refractivity contribution is 8.23. The highest BCUT2D eigenvalue weighted by Crippen LogP contribution is 2.16. The maximum absolute atomic E-state index is 5.12. The summed E-state index contributed by atoms with van der Waals surface area (Å²) in [5, 5.41) is 3.13. The summed E-state index contributed by atoms with van der Waals surface area (Å²) in [4.78, 5) is 0. The summed E-state index contributed by atoms with van der Waals surface area (Å²) in [5.41, 5.74) is 0.997. The van der Waals surface area contributed by atoms with Crippen LogP contribution in [-0.4, -0.2) is 17.2 Å². The number of ether oxygens (including phenoxy) is 1. The molecular formula is C10H13NOS2. The van der Waals surface area contributed by atoms with Crippen molar-refractivity contribution in [1.82, 2.24) is 0 Å². The maximum atomic E-state index is 5.12. The van der Waals surface area contributed by atoms with Gasteiger partial charge in [0.25, 0.3) is 0 Å². The lowest BCUT2D eigenvalue weighted by atomic mass is 10.3. The van der Waals surface area contributed by atoms with E-state index in [0.717, 1.165) is 21.5 Å². The number of hydrogen-bond donors (Lipinski definition) is 1. The fraction of sp³-hybridized carbons (Fsp3) is 0.300. The van der Waals surface area contributed by atoms with E-state index >= 15 is 0 Å². The van der Waals surface area contributed by atoms with Crippen molar-refractivity contribution >= 4 is 34.0 Å². The number of rotatable bonds is 3. The van der Waals surface area contributed by atoms with Crippen molar-refractivity contribution in [2.24, 2.45) is 0 Å². The first-order chi connectivity index (χ1) is 6.76. The van der Waals surface area contributed by atoms with Crippen LogP contribution in [0, 0.1) is 0 Å². The number of thioether (sulfide) groups is 1. The molecule has 0 aromatic heterocycles. The van der Waals surface area contributed by atoms with E-state index in [1.165, 1.54) is 0 Å². The summed E-state index contributed by atoms with van der Waals surface area (Å²) in [6.45, 7) is 2.08. The van der Waals surface area contributed by atoms with Gasteiger partial charge in [0.05, 0.1) is 7.11 Å². The monoisotopic (exact) mass is 227 g/mol. The third-order valence-electron chi connectivity index (χ3n) is 1.61. The first-order valence-corrected chi connectivity index (χ1v) is 5.73. The smallest absolute Gasteiger partial charge is 0.138 e. The van der Waals surface area contributed by atoms with Crippen LogP contribution in [0.5, 0.6) is 5.75 Å². The quantitative estimate of drug-likeness (QED) is 0.800. The van der Waals surface area contributed by atoms with E-state index < -0.39 is 0 Å². The molecule has 0 fully saturated rings. The average Bonchev–Trinajstić information content (AvgIpc) is 2.19. The van der Waals surface area contributed by atoms with Gasteiger partial charge in [-0.1, -0.05) is 30.9 Å². The molecule has 4 heteroatoms. The normalized spacial score (nSPS) is 9.57.